The number of aromatic nitrogens is 4. The molecule has 0 radical (unpaired) electrons. The van der Waals surface area contributed by atoms with Gasteiger partial charge in [0.2, 0.25) is 0 Å². The lowest BCUT2D eigenvalue weighted by atomic mass is 10.1. The van der Waals surface area contributed by atoms with Crippen LogP contribution in [0.3, 0.4) is 0 Å². The molecule has 0 spiro atoms. The third kappa shape index (κ3) is 3.02. The highest BCUT2D eigenvalue weighted by Crippen LogP contribution is 2.34. The summed E-state index contributed by atoms with van der Waals surface area (Å²) in [5, 5.41) is 29.7. The molecule has 3 heterocycles. The quantitative estimate of drug-likeness (QED) is 0.595. The highest BCUT2D eigenvalue weighted by atomic mass is 16.6. The Morgan fingerprint density at radius 3 is 2.50 bits per heavy atom. The zero-order chi connectivity index (χ0) is 19.8. The van der Waals surface area contributed by atoms with Crippen LogP contribution in [0.25, 0.3) is 11.2 Å². The predicted molar refractivity (Wildman–Crippen MR) is 102 cm³/mol. The molecule has 0 aliphatic carbocycles. The summed E-state index contributed by atoms with van der Waals surface area (Å²) in [6.45, 7) is 3.73. The Morgan fingerprint density at radius 1 is 1.11 bits per heavy atom. The molecular formula is C19H23N5O4. The Hall–Kier alpha value is -2.59. The lowest BCUT2D eigenvalue weighted by molar-refractivity contribution is -0.0511. The second kappa shape index (κ2) is 7.44. The second-order valence-corrected chi connectivity index (χ2v) is 7.05. The first-order valence-corrected chi connectivity index (χ1v) is 9.17. The van der Waals surface area contributed by atoms with Crippen LogP contribution in [-0.2, 0) is 4.74 Å². The molecule has 0 saturated carbocycles. The van der Waals surface area contributed by atoms with Crippen molar-refractivity contribution in [2.24, 2.45) is 0 Å². The van der Waals surface area contributed by atoms with Crippen molar-refractivity contribution < 1.29 is 20.1 Å². The van der Waals surface area contributed by atoms with Crippen molar-refractivity contribution in [3.05, 3.63) is 43.0 Å². The first-order valence-electron chi connectivity index (χ1n) is 9.17. The van der Waals surface area contributed by atoms with Gasteiger partial charge in [-0.1, -0.05) is 18.2 Å². The lowest BCUT2D eigenvalue weighted by Gasteiger charge is -2.28. The third-order valence-electron chi connectivity index (χ3n) is 4.91. The Bertz CT molecular complexity index is 948. The molecule has 1 aliphatic heterocycles. The molecule has 3 aromatic rings. The van der Waals surface area contributed by atoms with E-state index in [1.807, 2.05) is 30.3 Å². The van der Waals surface area contributed by atoms with Crippen molar-refractivity contribution in [2.75, 3.05) is 11.5 Å². The largest absolute Gasteiger partial charge is 0.394 e. The molecule has 4 rings (SSSR count). The molecule has 4 atom stereocenters. The van der Waals surface area contributed by atoms with Gasteiger partial charge in [-0.25, -0.2) is 15.0 Å². The van der Waals surface area contributed by atoms with E-state index in [9.17, 15) is 15.3 Å². The molecule has 1 saturated heterocycles. The minimum absolute atomic E-state index is 0.111. The number of aliphatic hydroxyl groups excluding tert-OH is 3. The molecule has 0 bridgehead atoms. The molecule has 3 N–H and O–H groups in total. The van der Waals surface area contributed by atoms with Crippen LogP contribution in [0.4, 0.5) is 11.5 Å². The molecule has 1 fully saturated rings. The molecule has 9 heteroatoms. The highest BCUT2D eigenvalue weighted by Gasteiger charge is 2.44. The second-order valence-electron chi connectivity index (χ2n) is 7.05. The first kappa shape index (κ1) is 18.8. The van der Waals surface area contributed by atoms with Gasteiger partial charge >= 0.3 is 0 Å². The van der Waals surface area contributed by atoms with E-state index in [0.29, 0.717) is 17.0 Å². The van der Waals surface area contributed by atoms with Crippen LogP contribution in [-0.4, -0.2) is 65.8 Å². The maximum absolute atomic E-state index is 10.3. The molecule has 1 aromatic carbocycles. The van der Waals surface area contributed by atoms with Crippen molar-refractivity contribution >= 4 is 22.7 Å². The summed E-state index contributed by atoms with van der Waals surface area (Å²) in [5.74, 6) is 0.636. The monoisotopic (exact) mass is 385 g/mol. The number of nitrogens with zero attached hydrogens (tertiary/aromatic N) is 5. The average molecular weight is 385 g/mol. The predicted octanol–water partition coefficient (Wildman–Crippen LogP) is 0.984. The smallest absolute Gasteiger partial charge is 0.167 e. The van der Waals surface area contributed by atoms with E-state index in [1.54, 1.807) is 4.57 Å². The fraction of sp³-hybridized carbons (Fsp3) is 0.421. The van der Waals surface area contributed by atoms with E-state index in [1.165, 1.54) is 12.7 Å². The van der Waals surface area contributed by atoms with Crippen molar-refractivity contribution in [2.45, 2.75) is 44.4 Å². The number of imidazole rings is 1. The zero-order valence-electron chi connectivity index (χ0n) is 15.6. The van der Waals surface area contributed by atoms with Gasteiger partial charge in [0.1, 0.15) is 24.6 Å². The molecule has 0 amide bonds. The van der Waals surface area contributed by atoms with Crippen LogP contribution in [0.15, 0.2) is 43.0 Å². The molecule has 28 heavy (non-hydrogen) atoms. The summed E-state index contributed by atoms with van der Waals surface area (Å²) in [6.07, 6.45) is -1.21. The van der Waals surface area contributed by atoms with Gasteiger partial charge in [0, 0.05) is 11.7 Å². The highest BCUT2D eigenvalue weighted by molar-refractivity contribution is 5.86. The maximum Gasteiger partial charge on any atom is 0.167 e. The average Bonchev–Trinajstić information content (AvgIpc) is 3.25. The fourth-order valence-corrected chi connectivity index (χ4v) is 3.57. The van der Waals surface area contributed by atoms with Gasteiger partial charge in [0.15, 0.2) is 23.2 Å². The summed E-state index contributed by atoms with van der Waals surface area (Å²) in [6, 6.07) is 9.98. The maximum atomic E-state index is 10.3. The molecule has 2 aromatic heterocycles. The van der Waals surface area contributed by atoms with Crippen LogP contribution in [0, 0.1) is 0 Å². The van der Waals surface area contributed by atoms with Crippen LogP contribution >= 0.6 is 0 Å². The van der Waals surface area contributed by atoms with Crippen LogP contribution in [0.1, 0.15) is 20.1 Å². The normalized spacial score (nSPS) is 24.9. The molecule has 0 unspecified atom stereocenters. The van der Waals surface area contributed by atoms with E-state index in [0.717, 1.165) is 5.69 Å². The number of anilines is 2. The number of fused-ring (bicyclic) bond motifs is 1. The SMILES string of the molecule is CC(C)N(c1ccccc1)c1ncnc2c1ncn2[C@@H]1O[C@H](CO)[C@@H](O)[C@H]1O. The van der Waals surface area contributed by atoms with Crippen LogP contribution < -0.4 is 4.90 Å². The number of rotatable bonds is 5. The van der Waals surface area contributed by atoms with E-state index >= 15 is 0 Å². The number of benzene rings is 1. The van der Waals surface area contributed by atoms with E-state index in [-0.39, 0.29) is 6.04 Å². The Labute approximate surface area is 161 Å². The number of para-hydroxylation sites is 1. The van der Waals surface area contributed by atoms with Crippen molar-refractivity contribution in [1.29, 1.82) is 0 Å². The van der Waals surface area contributed by atoms with Crippen LogP contribution in [0.2, 0.25) is 0 Å². The number of aliphatic hydroxyl groups is 3. The van der Waals surface area contributed by atoms with Gasteiger partial charge in [-0.2, -0.15) is 0 Å². The summed E-state index contributed by atoms with van der Waals surface area (Å²) in [7, 11) is 0. The van der Waals surface area contributed by atoms with Crippen molar-refractivity contribution in [3.8, 4) is 0 Å². The molecular weight excluding hydrogens is 362 g/mol. The van der Waals surface area contributed by atoms with E-state index < -0.39 is 31.1 Å². The Kier molecular flexibility index (Phi) is 4.98. The van der Waals surface area contributed by atoms with Gasteiger partial charge in [-0.05, 0) is 26.0 Å². The standard InChI is InChI=1S/C19H23N5O4/c1-11(2)24(12-6-4-3-5-7-12)18-14-17(20-9-21-18)23(10-22-14)19-16(27)15(26)13(8-25)28-19/h3-7,9-11,13,15-16,19,25-27H,8H2,1-2H3/t13-,15-,16-,19-/m1/s1. The van der Waals surface area contributed by atoms with Crippen molar-refractivity contribution in [1.82, 2.24) is 19.5 Å². The van der Waals surface area contributed by atoms with Crippen LogP contribution in [0.5, 0.6) is 0 Å². The summed E-state index contributed by atoms with van der Waals surface area (Å²) in [5.41, 5.74) is 2.00. The van der Waals surface area contributed by atoms with Gasteiger partial charge in [0.25, 0.3) is 0 Å². The Balaban J connectivity index is 1.79. The molecule has 1 aliphatic rings. The van der Waals surface area contributed by atoms with E-state index in [4.69, 9.17) is 4.74 Å². The third-order valence-corrected chi connectivity index (χ3v) is 4.91. The zero-order valence-corrected chi connectivity index (χ0v) is 15.6. The van der Waals surface area contributed by atoms with E-state index in [2.05, 4.69) is 33.7 Å². The van der Waals surface area contributed by atoms with Gasteiger partial charge < -0.3 is 25.0 Å². The number of hydrogen-bond acceptors (Lipinski definition) is 8. The van der Waals surface area contributed by atoms with Gasteiger partial charge in [-0.15, -0.1) is 0 Å². The molecule has 9 nitrogen and oxygen atoms in total. The van der Waals surface area contributed by atoms with Gasteiger partial charge in [0.05, 0.1) is 12.9 Å². The lowest BCUT2D eigenvalue weighted by Crippen LogP contribution is -2.33. The first-order chi connectivity index (χ1) is 13.5. The van der Waals surface area contributed by atoms with Crippen molar-refractivity contribution in [3.63, 3.8) is 0 Å². The number of ether oxygens (including phenoxy) is 1. The summed E-state index contributed by atoms with van der Waals surface area (Å²) >= 11 is 0. The summed E-state index contributed by atoms with van der Waals surface area (Å²) < 4.78 is 7.18. The molecule has 148 valence electrons. The Morgan fingerprint density at radius 2 is 1.86 bits per heavy atom. The minimum atomic E-state index is -1.21. The number of hydrogen-bond donors (Lipinski definition) is 3. The fourth-order valence-electron chi connectivity index (χ4n) is 3.57. The minimum Gasteiger partial charge on any atom is -0.394 e. The summed E-state index contributed by atoms with van der Waals surface area (Å²) in [4.78, 5) is 15.3. The van der Waals surface area contributed by atoms with Gasteiger partial charge in [-0.3, -0.25) is 4.57 Å². The topological polar surface area (TPSA) is 117 Å².